The third kappa shape index (κ3) is 3.17. The average Bonchev–Trinajstić information content (AvgIpc) is 3.61. The first-order chi connectivity index (χ1) is 21.3. The van der Waals surface area contributed by atoms with E-state index in [4.69, 9.17) is 0 Å². The summed E-state index contributed by atoms with van der Waals surface area (Å²) >= 11 is 1.93. The number of benzene rings is 6. The molecule has 10 rings (SSSR count). The van der Waals surface area contributed by atoms with Gasteiger partial charge in [0.2, 0.25) is 0 Å². The lowest BCUT2D eigenvalue weighted by molar-refractivity contribution is 0.723. The predicted octanol–water partition coefficient (Wildman–Crippen LogP) is 11.6. The van der Waals surface area contributed by atoms with Gasteiger partial charge in [-0.15, -0.1) is 11.3 Å². The Morgan fingerprint density at radius 2 is 1.53 bits per heavy atom. The van der Waals surface area contributed by atoms with Crippen LogP contribution in [0.5, 0.6) is 0 Å². The van der Waals surface area contributed by atoms with Crippen molar-refractivity contribution in [3.63, 3.8) is 0 Å². The summed E-state index contributed by atoms with van der Waals surface area (Å²) in [4.78, 5) is 0. The lowest BCUT2D eigenvalue weighted by Crippen LogP contribution is -2.10. The van der Waals surface area contributed by atoms with Crippen LogP contribution in [-0.4, -0.2) is 4.57 Å². The summed E-state index contributed by atoms with van der Waals surface area (Å²) in [5.74, 6) is 0.441. The molecule has 0 fully saturated rings. The zero-order valence-electron chi connectivity index (χ0n) is 24.0. The molecule has 0 aliphatic heterocycles. The van der Waals surface area contributed by atoms with Crippen molar-refractivity contribution < 1.29 is 0 Å². The first-order valence-electron chi connectivity index (χ1n) is 15.5. The van der Waals surface area contributed by atoms with Crippen molar-refractivity contribution in [2.45, 2.75) is 32.1 Å². The fourth-order valence-electron chi connectivity index (χ4n) is 8.22. The number of thiophene rings is 1. The van der Waals surface area contributed by atoms with Crippen molar-refractivity contribution in [2.75, 3.05) is 0 Å². The van der Waals surface area contributed by atoms with Crippen molar-refractivity contribution in [1.29, 1.82) is 0 Å². The van der Waals surface area contributed by atoms with E-state index >= 15 is 0 Å². The van der Waals surface area contributed by atoms with E-state index in [0.29, 0.717) is 5.92 Å². The molecular weight excluding hydrogens is 539 g/mol. The van der Waals surface area contributed by atoms with E-state index in [2.05, 4.69) is 127 Å². The third-order valence-corrected chi connectivity index (χ3v) is 11.3. The largest absolute Gasteiger partial charge is 0.312 e. The summed E-state index contributed by atoms with van der Waals surface area (Å²) in [6.07, 6.45) is 8.01. The predicted molar refractivity (Wildman–Crippen MR) is 186 cm³/mol. The van der Waals surface area contributed by atoms with E-state index in [1.807, 2.05) is 11.3 Å². The highest BCUT2D eigenvalue weighted by Gasteiger charge is 2.30. The summed E-state index contributed by atoms with van der Waals surface area (Å²) in [6.45, 7) is 2.41. The lowest BCUT2D eigenvalue weighted by Gasteiger charge is -2.25. The molecule has 0 bridgehead atoms. The van der Waals surface area contributed by atoms with Gasteiger partial charge < -0.3 is 4.57 Å². The second-order valence-corrected chi connectivity index (χ2v) is 13.5. The highest BCUT2D eigenvalue weighted by Crippen LogP contribution is 2.50. The third-order valence-electron chi connectivity index (χ3n) is 10.1. The van der Waals surface area contributed by atoms with Gasteiger partial charge in [0.25, 0.3) is 0 Å². The minimum absolute atomic E-state index is 0.441. The average molecular weight is 568 g/mol. The number of rotatable bonds is 1. The molecule has 0 radical (unpaired) electrons. The number of hydrogen-bond donors (Lipinski definition) is 0. The molecule has 2 aliphatic rings. The fourth-order valence-corrected chi connectivity index (χ4v) is 9.43. The molecule has 0 N–H and O–H groups in total. The van der Waals surface area contributed by atoms with E-state index < -0.39 is 0 Å². The molecule has 204 valence electrons. The standard InChI is InChI=1S/C41H29NS/c1-24-9-8-16-33-38-31-15-7-6-14-30(31)37-28-12-4-2-10-25(28)18-21-34(37)40(38)42(39(24)33)27-19-22-36-35(23-27)32-20-17-26-11-3-5-13-29(26)41(32)43-36/h2-8,10-17,19-20,22-24H,9,18,21H2,1H3. The summed E-state index contributed by atoms with van der Waals surface area (Å²) < 4.78 is 5.41. The van der Waals surface area contributed by atoms with Crippen molar-refractivity contribution in [1.82, 2.24) is 4.57 Å². The molecule has 8 aromatic rings. The van der Waals surface area contributed by atoms with E-state index in [0.717, 1.165) is 19.3 Å². The number of aromatic nitrogens is 1. The molecule has 0 amide bonds. The van der Waals surface area contributed by atoms with Gasteiger partial charge in [-0.1, -0.05) is 104 Å². The highest BCUT2D eigenvalue weighted by molar-refractivity contribution is 7.26. The van der Waals surface area contributed by atoms with Crippen LogP contribution in [0.1, 0.15) is 41.6 Å². The molecule has 6 aromatic carbocycles. The number of allylic oxidation sites excluding steroid dienone is 1. The van der Waals surface area contributed by atoms with Crippen LogP contribution in [-0.2, 0) is 12.8 Å². The Morgan fingerprint density at radius 1 is 0.721 bits per heavy atom. The molecule has 2 aliphatic carbocycles. The maximum Gasteiger partial charge on any atom is 0.0582 e. The maximum atomic E-state index is 2.67. The first kappa shape index (κ1) is 23.9. The molecule has 2 heterocycles. The van der Waals surface area contributed by atoms with Gasteiger partial charge in [0, 0.05) is 48.4 Å². The minimum Gasteiger partial charge on any atom is -0.312 e. The monoisotopic (exact) mass is 567 g/mol. The van der Waals surface area contributed by atoms with Gasteiger partial charge in [-0.25, -0.2) is 0 Å². The van der Waals surface area contributed by atoms with E-state index in [1.165, 1.54) is 91.8 Å². The van der Waals surface area contributed by atoms with Crippen molar-refractivity contribution in [3.8, 4) is 16.8 Å². The topological polar surface area (TPSA) is 4.93 Å². The van der Waals surface area contributed by atoms with Crippen LogP contribution in [0.25, 0.3) is 75.5 Å². The Hall–Kier alpha value is -4.66. The molecule has 0 saturated carbocycles. The van der Waals surface area contributed by atoms with Crippen LogP contribution in [0.15, 0.2) is 109 Å². The zero-order chi connectivity index (χ0) is 28.2. The van der Waals surface area contributed by atoms with Crippen LogP contribution < -0.4 is 0 Å². The van der Waals surface area contributed by atoms with Crippen LogP contribution in [0.4, 0.5) is 0 Å². The molecule has 1 nitrogen and oxygen atoms in total. The molecule has 0 spiro atoms. The number of nitrogens with zero attached hydrogens (tertiary/aromatic N) is 1. The highest BCUT2D eigenvalue weighted by atomic mass is 32.1. The normalized spacial score (nSPS) is 15.9. The summed E-state index contributed by atoms with van der Waals surface area (Å²) in [7, 11) is 0. The smallest absolute Gasteiger partial charge is 0.0582 e. The van der Waals surface area contributed by atoms with Gasteiger partial charge in [0.1, 0.15) is 0 Å². The number of fused-ring (bicyclic) bond motifs is 15. The van der Waals surface area contributed by atoms with Gasteiger partial charge in [-0.3, -0.25) is 0 Å². The Labute approximate surface area is 254 Å². The molecule has 2 heteroatoms. The maximum absolute atomic E-state index is 2.67. The number of hydrogen-bond acceptors (Lipinski definition) is 1. The van der Waals surface area contributed by atoms with Crippen LogP contribution in [0.2, 0.25) is 0 Å². The Morgan fingerprint density at radius 3 is 2.47 bits per heavy atom. The quantitative estimate of drug-likeness (QED) is 0.186. The van der Waals surface area contributed by atoms with E-state index in [1.54, 1.807) is 0 Å². The Balaban J connectivity index is 1.37. The summed E-state index contributed by atoms with van der Waals surface area (Å²) in [5.41, 5.74) is 11.4. The van der Waals surface area contributed by atoms with Crippen LogP contribution in [0.3, 0.4) is 0 Å². The molecule has 1 atom stereocenters. The number of aryl methyl sites for hydroxylation is 2. The molecule has 0 saturated heterocycles. The van der Waals surface area contributed by atoms with Crippen molar-refractivity contribution in [3.05, 3.63) is 132 Å². The van der Waals surface area contributed by atoms with Crippen LogP contribution >= 0.6 is 11.3 Å². The van der Waals surface area contributed by atoms with Gasteiger partial charge >= 0.3 is 0 Å². The van der Waals surface area contributed by atoms with Gasteiger partial charge in [0.15, 0.2) is 0 Å². The SMILES string of the molecule is CC1CC=Cc2c1n(-c1ccc3sc4c5ccccc5ccc4c3c1)c1c3c(c4ccccc4c21)-c1ccccc1CC3. The van der Waals surface area contributed by atoms with Gasteiger partial charge in [-0.2, -0.15) is 0 Å². The Bertz CT molecular complexity index is 2500. The molecule has 2 aromatic heterocycles. The second kappa shape index (κ2) is 8.69. The molecule has 1 unspecified atom stereocenters. The molecule has 43 heavy (non-hydrogen) atoms. The van der Waals surface area contributed by atoms with E-state index in [-0.39, 0.29) is 0 Å². The minimum atomic E-state index is 0.441. The van der Waals surface area contributed by atoms with E-state index in [9.17, 15) is 0 Å². The van der Waals surface area contributed by atoms with Gasteiger partial charge in [-0.05, 0) is 81.3 Å². The lowest BCUT2D eigenvalue weighted by atomic mass is 9.80. The fraction of sp³-hybridized carbons (Fsp3) is 0.122. The van der Waals surface area contributed by atoms with Crippen molar-refractivity contribution in [2.24, 2.45) is 0 Å². The molecular formula is C41H29NS. The summed E-state index contributed by atoms with van der Waals surface area (Å²) in [6, 6.07) is 38.9. The van der Waals surface area contributed by atoms with Crippen molar-refractivity contribution >= 4 is 70.0 Å². The van der Waals surface area contributed by atoms with Gasteiger partial charge in [0.05, 0.1) is 5.52 Å². The van der Waals surface area contributed by atoms with Crippen LogP contribution in [0, 0.1) is 0 Å². The Kier molecular flexibility index (Phi) is 4.82. The second-order valence-electron chi connectivity index (χ2n) is 12.4. The zero-order valence-corrected chi connectivity index (χ0v) is 24.8. The summed E-state index contributed by atoms with van der Waals surface area (Å²) in [5, 5.41) is 9.56. The first-order valence-corrected chi connectivity index (χ1v) is 16.3.